The second-order valence-corrected chi connectivity index (χ2v) is 2.62. The van der Waals surface area contributed by atoms with E-state index in [2.05, 4.69) is 9.47 Å². The normalized spacial score (nSPS) is 32.4. The van der Waals surface area contributed by atoms with Crippen LogP contribution in [0.25, 0.3) is 0 Å². The maximum Gasteiger partial charge on any atom is 0.341 e. The number of hydrogen-bond donors (Lipinski definition) is 0. The largest absolute Gasteiger partial charge is 0.467 e. The molecule has 0 aromatic rings. The Morgan fingerprint density at radius 1 is 1.33 bits per heavy atom. The Labute approximate surface area is 69.6 Å². The summed E-state index contributed by atoms with van der Waals surface area (Å²) in [5.74, 6) is -1.11. The molecule has 0 amide bonds. The van der Waals surface area contributed by atoms with E-state index in [9.17, 15) is 9.59 Å². The minimum atomic E-state index is -1.14. The number of carbonyl (C=O) groups is 2. The topological polar surface area (TPSA) is 65.1 Å². The summed E-state index contributed by atoms with van der Waals surface area (Å²) in [7, 11) is 2.48. The first-order chi connectivity index (χ1) is 5.56. The zero-order valence-corrected chi connectivity index (χ0v) is 7.12. The van der Waals surface area contributed by atoms with Crippen molar-refractivity contribution in [3.63, 3.8) is 0 Å². The van der Waals surface area contributed by atoms with E-state index in [0.29, 0.717) is 0 Å². The zero-order valence-electron chi connectivity index (χ0n) is 7.12. The van der Waals surface area contributed by atoms with Gasteiger partial charge in [-0.15, -0.1) is 0 Å². The van der Waals surface area contributed by atoms with E-state index in [1.54, 1.807) is 0 Å². The van der Waals surface area contributed by atoms with Crippen molar-refractivity contribution in [3.8, 4) is 0 Å². The molecule has 2 atom stereocenters. The van der Waals surface area contributed by atoms with Crippen molar-refractivity contribution in [1.29, 1.82) is 0 Å². The van der Waals surface area contributed by atoms with Crippen molar-refractivity contribution < 1.29 is 23.8 Å². The molecule has 0 spiro atoms. The van der Waals surface area contributed by atoms with Gasteiger partial charge in [-0.1, -0.05) is 0 Å². The van der Waals surface area contributed by atoms with Crippen molar-refractivity contribution in [1.82, 2.24) is 0 Å². The number of epoxide rings is 1. The van der Waals surface area contributed by atoms with Gasteiger partial charge in [0.25, 0.3) is 0 Å². The number of esters is 2. The van der Waals surface area contributed by atoms with Gasteiger partial charge in [-0.25, -0.2) is 9.59 Å². The Morgan fingerprint density at radius 3 is 2.33 bits per heavy atom. The molecule has 12 heavy (non-hydrogen) atoms. The van der Waals surface area contributed by atoms with Gasteiger partial charge < -0.3 is 14.2 Å². The quantitative estimate of drug-likeness (QED) is 0.416. The monoisotopic (exact) mass is 174 g/mol. The van der Waals surface area contributed by atoms with Crippen molar-refractivity contribution >= 4 is 11.9 Å². The summed E-state index contributed by atoms with van der Waals surface area (Å²) in [4.78, 5) is 21.8. The Bertz CT molecular complexity index is 224. The standard InChI is InChI=1S/C7H10O5/c1-7(6(9)11-3)4(12-7)5(8)10-2/h4H,1-3H3/t4?,7-/m1/s1. The Morgan fingerprint density at radius 2 is 1.92 bits per heavy atom. The molecule has 5 heteroatoms. The minimum Gasteiger partial charge on any atom is -0.467 e. The van der Waals surface area contributed by atoms with Crippen molar-refractivity contribution in [3.05, 3.63) is 0 Å². The third-order valence-corrected chi connectivity index (χ3v) is 1.81. The highest BCUT2D eigenvalue weighted by molar-refractivity contribution is 5.93. The highest BCUT2D eigenvalue weighted by Crippen LogP contribution is 2.37. The van der Waals surface area contributed by atoms with Crippen LogP contribution in [0, 0.1) is 0 Å². The van der Waals surface area contributed by atoms with Crippen LogP contribution in [0.4, 0.5) is 0 Å². The zero-order chi connectivity index (χ0) is 9.35. The average Bonchev–Trinajstić information content (AvgIpc) is 2.76. The summed E-state index contributed by atoms with van der Waals surface area (Å²) in [5.41, 5.74) is -1.14. The number of ether oxygens (including phenoxy) is 3. The molecule has 1 aliphatic rings. The van der Waals surface area contributed by atoms with Crippen molar-refractivity contribution in [2.75, 3.05) is 14.2 Å². The molecule has 0 saturated carbocycles. The third-order valence-electron chi connectivity index (χ3n) is 1.81. The number of rotatable bonds is 2. The van der Waals surface area contributed by atoms with E-state index in [0.717, 1.165) is 0 Å². The third kappa shape index (κ3) is 1.16. The van der Waals surface area contributed by atoms with Crippen LogP contribution in [0.15, 0.2) is 0 Å². The lowest BCUT2D eigenvalue weighted by Gasteiger charge is -2.01. The molecule has 1 fully saturated rings. The number of carbonyl (C=O) groups excluding carboxylic acids is 2. The lowest BCUT2D eigenvalue weighted by molar-refractivity contribution is -0.147. The molecule has 0 aliphatic carbocycles. The summed E-state index contributed by atoms with van der Waals surface area (Å²) in [5, 5.41) is 0. The molecule has 1 heterocycles. The van der Waals surface area contributed by atoms with Crippen LogP contribution in [-0.4, -0.2) is 37.9 Å². The van der Waals surface area contributed by atoms with Gasteiger partial charge in [-0.3, -0.25) is 0 Å². The summed E-state index contributed by atoms with van der Waals surface area (Å²) in [6.45, 7) is 1.49. The predicted molar refractivity (Wildman–Crippen MR) is 37.3 cm³/mol. The fraction of sp³-hybridized carbons (Fsp3) is 0.714. The second kappa shape index (κ2) is 2.75. The van der Waals surface area contributed by atoms with Gasteiger partial charge in [-0.2, -0.15) is 0 Å². The molecular weight excluding hydrogens is 164 g/mol. The van der Waals surface area contributed by atoms with Crippen LogP contribution in [-0.2, 0) is 23.8 Å². The molecule has 1 saturated heterocycles. The number of hydrogen-bond acceptors (Lipinski definition) is 5. The van der Waals surface area contributed by atoms with Crippen molar-refractivity contribution in [2.45, 2.75) is 18.6 Å². The smallest absolute Gasteiger partial charge is 0.341 e. The summed E-state index contributed by atoms with van der Waals surface area (Å²) < 4.78 is 13.7. The summed E-state index contributed by atoms with van der Waals surface area (Å²) >= 11 is 0. The minimum absolute atomic E-state index is 0.553. The van der Waals surface area contributed by atoms with Gasteiger partial charge in [0.2, 0.25) is 0 Å². The molecule has 0 bridgehead atoms. The Balaban J connectivity index is 2.59. The van der Waals surface area contributed by atoms with Crippen LogP contribution in [0.3, 0.4) is 0 Å². The van der Waals surface area contributed by atoms with Crippen LogP contribution in [0.1, 0.15) is 6.92 Å². The molecule has 0 aromatic carbocycles. The fourth-order valence-electron chi connectivity index (χ4n) is 0.949. The molecule has 1 aliphatic heterocycles. The Hall–Kier alpha value is -1.10. The van der Waals surface area contributed by atoms with Gasteiger partial charge in [0.15, 0.2) is 11.7 Å². The van der Waals surface area contributed by atoms with Crippen molar-refractivity contribution in [2.24, 2.45) is 0 Å². The molecule has 5 nitrogen and oxygen atoms in total. The lowest BCUT2D eigenvalue weighted by Crippen LogP contribution is -2.28. The van der Waals surface area contributed by atoms with E-state index in [1.807, 2.05) is 0 Å². The first-order valence-corrected chi connectivity index (χ1v) is 3.40. The van der Waals surface area contributed by atoms with Gasteiger partial charge in [-0.05, 0) is 6.92 Å². The van der Waals surface area contributed by atoms with E-state index in [-0.39, 0.29) is 0 Å². The fourth-order valence-corrected chi connectivity index (χ4v) is 0.949. The van der Waals surface area contributed by atoms with E-state index >= 15 is 0 Å². The maximum atomic E-state index is 11.0. The van der Waals surface area contributed by atoms with Crippen LogP contribution in [0.5, 0.6) is 0 Å². The van der Waals surface area contributed by atoms with Gasteiger partial charge in [0, 0.05) is 0 Å². The molecule has 1 rings (SSSR count). The molecule has 0 aromatic heterocycles. The average molecular weight is 174 g/mol. The Kier molecular flexibility index (Phi) is 2.06. The molecule has 1 unspecified atom stereocenters. The van der Waals surface area contributed by atoms with Gasteiger partial charge >= 0.3 is 11.9 Å². The molecular formula is C7H10O5. The molecule has 0 N–H and O–H groups in total. The summed E-state index contributed by atoms with van der Waals surface area (Å²) in [6.07, 6.45) is -0.810. The maximum absolute atomic E-state index is 11.0. The van der Waals surface area contributed by atoms with E-state index < -0.39 is 23.6 Å². The number of methoxy groups -OCH3 is 2. The van der Waals surface area contributed by atoms with E-state index in [1.165, 1.54) is 21.1 Å². The lowest BCUT2D eigenvalue weighted by atomic mass is 10.1. The van der Waals surface area contributed by atoms with Crippen LogP contribution >= 0.6 is 0 Å². The SMILES string of the molecule is COC(=O)C1O[C@@]1(C)C(=O)OC. The highest BCUT2D eigenvalue weighted by Gasteiger charge is 2.64. The molecule has 68 valence electrons. The van der Waals surface area contributed by atoms with Crippen LogP contribution < -0.4 is 0 Å². The molecule has 0 radical (unpaired) electrons. The highest BCUT2D eigenvalue weighted by atomic mass is 16.7. The first-order valence-electron chi connectivity index (χ1n) is 3.40. The predicted octanol–water partition coefficient (Wildman–Crippen LogP) is -0.510. The summed E-state index contributed by atoms with van der Waals surface area (Å²) in [6, 6.07) is 0. The van der Waals surface area contributed by atoms with E-state index in [4.69, 9.17) is 4.74 Å². The van der Waals surface area contributed by atoms with Gasteiger partial charge in [0.1, 0.15) is 0 Å². The first kappa shape index (κ1) is 8.99. The second-order valence-electron chi connectivity index (χ2n) is 2.62. The van der Waals surface area contributed by atoms with Gasteiger partial charge in [0.05, 0.1) is 14.2 Å². The van der Waals surface area contributed by atoms with Crippen LogP contribution in [0.2, 0.25) is 0 Å².